The molecule has 1 N–H and O–H groups in total. The van der Waals surface area contributed by atoms with Crippen LogP contribution >= 0.6 is 0 Å². The summed E-state index contributed by atoms with van der Waals surface area (Å²) in [6, 6.07) is 0. The zero-order chi connectivity index (χ0) is 19.6. The van der Waals surface area contributed by atoms with Crippen LogP contribution in [0.4, 0.5) is 13.2 Å². The van der Waals surface area contributed by atoms with E-state index in [4.69, 9.17) is 14.3 Å². The molecule has 1 aliphatic carbocycles. The van der Waals surface area contributed by atoms with Crippen molar-refractivity contribution in [2.75, 3.05) is 19.6 Å². The van der Waals surface area contributed by atoms with Gasteiger partial charge in [-0.05, 0) is 31.6 Å². The van der Waals surface area contributed by atoms with Crippen LogP contribution in [0.3, 0.4) is 0 Å². The van der Waals surface area contributed by atoms with Gasteiger partial charge in [-0.1, -0.05) is 6.42 Å². The molecule has 4 rings (SSSR count). The van der Waals surface area contributed by atoms with Gasteiger partial charge in [0, 0.05) is 26.2 Å². The summed E-state index contributed by atoms with van der Waals surface area (Å²) in [7, 11) is 0. The molecule has 3 aliphatic rings. The van der Waals surface area contributed by atoms with Crippen molar-refractivity contribution >= 4 is 11.9 Å². The summed E-state index contributed by atoms with van der Waals surface area (Å²) in [5.74, 6) is -0.702. The predicted octanol–water partition coefficient (Wildman–Crippen LogP) is 2.66. The van der Waals surface area contributed by atoms with Crippen molar-refractivity contribution in [1.29, 1.82) is 0 Å². The quantitative estimate of drug-likeness (QED) is 0.855. The maximum Gasteiger partial charge on any atom is 0.490 e. The Bertz CT molecular complexity index is 671. The van der Waals surface area contributed by atoms with Crippen LogP contribution in [-0.2, 0) is 17.9 Å². The number of nitrogens with zero attached hydrogens (tertiary/aromatic N) is 3. The van der Waals surface area contributed by atoms with Crippen molar-refractivity contribution in [3.05, 3.63) is 17.3 Å². The number of rotatable bonds is 3. The van der Waals surface area contributed by atoms with E-state index in [0.29, 0.717) is 5.89 Å². The number of carbonyl (C=O) groups excluding carboxylic acids is 1. The Morgan fingerprint density at radius 1 is 1.15 bits per heavy atom. The standard InChI is InChI=1S/C15H21N3O2.C2HF3O2/c19-15(18-6-1-2-7-18)14-16-12-9-17(10-13(12)20-14)8-11-4-3-5-11;3-2(4,5)1(6)7/h11H,1-10H2;(H,6,7). The maximum absolute atomic E-state index is 12.2. The molecule has 7 nitrogen and oxygen atoms in total. The Kier molecular flexibility index (Phi) is 5.73. The van der Waals surface area contributed by atoms with Gasteiger partial charge in [0.05, 0.1) is 12.2 Å². The first-order chi connectivity index (χ1) is 12.7. The molecule has 150 valence electrons. The molecule has 1 saturated carbocycles. The molecule has 0 unspecified atom stereocenters. The molecule has 0 radical (unpaired) electrons. The van der Waals surface area contributed by atoms with Crippen LogP contribution in [0.15, 0.2) is 4.42 Å². The number of carboxylic acids is 1. The summed E-state index contributed by atoms with van der Waals surface area (Å²) >= 11 is 0. The SMILES string of the molecule is O=C(O)C(F)(F)F.O=C(c1nc2c(o1)CN(CC1CCC1)C2)N1CCCC1. The molecule has 0 atom stereocenters. The van der Waals surface area contributed by atoms with Gasteiger partial charge in [0.1, 0.15) is 5.76 Å². The topological polar surface area (TPSA) is 86.9 Å². The molecule has 1 saturated heterocycles. The number of fused-ring (bicyclic) bond motifs is 1. The minimum atomic E-state index is -5.08. The fraction of sp³-hybridized carbons (Fsp3) is 0.706. The van der Waals surface area contributed by atoms with Gasteiger partial charge >= 0.3 is 18.1 Å². The van der Waals surface area contributed by atoms with Gasteiger partial charge < -0.3 is 14.4 Å². The highest BCUT2D eigenvalue weighted by Gasteiger charge is 2.38. The highest BCUT2D eigenvalue weighted by molar-refractivity contribution is 5.90. The molecular formula is C17H22F3N3O4. The third-order valence-corrected chi connectivity index (χ3v) is 5.08. The number of aliphatic carboxylic acids is 1. The van der Waals surface area contributed by atoms with E-state index in [1.165, 1.54) is 19.3 Å². The molecule has 10 heteroatoms. The summed E-state index contributed by atoms with van der Waals surface area (Å²) in [5.41, 5.74) is 0.979. The lowest BCUT2D eigenvalue weighted by Crippen LogP contribution is -2.29. The average Bonchev–Trinajstić information content (AvgIpc) is 3.25. The zero-order valence-corrected chi connectivity index (χ0v) is 14.8. The van der Waals surface area contributed by atoms with E-state index in [9.17, 15) is 18.0 Å². The molecule has 0 aromatic carbocycles. The fourth-order valence-electron chi connectivity index (χ4n) is 3.42. The van der Waals surface area contributed by atoms with Crippen LogP contribution in [0.2, 0.25) is 0 Å². The van der Waals surface area contributed by atoms with E-state index in [1.807, 2.05) is 4.90 Å². The fourth-order valence-corrected chi connectivity index (χ4v) is 3.42. The molecule has 1 aromatic heterocycles. The van der Waals surface area contributed by atoms with Gasteiger partial charge in [0.2, 0.25) is 0 Å². The largest absolute Gasteiger partial charge is 0.490 e. The molecule has 1 aromatic rings. The second-order valence-electron chi connectivity index (χ2n) is 7.16. The van der Waals surface area contributed by atoms with E-state index >= 15 is 0 Å². The Morgan fingerprint density at radius 2 is 1.78 bits per heavy atom. The second kappa shape index (κ2) is 7.87. The van der Waals surface area contributed by atoms with E-state index < -0.39 is 12.1 Å². The van der Waals surface area contributed by atoms with E-state index in [2.05, 4.69) is 9.88 Å². The van der Waals surface area contributed by atoms with Gasteiger partial charge in [-0.2, -0.15) is 13.2 Å². The van der Waals surface area contributed by atoms with Crippen LogP contribution in [0, 0.1) is 5.92 Å². The first kappa shape index (κ1) is 19.7. The molecule has 2 fully saturated rings. The lowest BCUT2D eigenvalue weighted by Gasteiger charge is -2.29. The van der Waals surface area contributed by atoms with Gasteiger partial charge in [-0.15, -0.1) is 0 Å². The molecule has 2 aliphatic heterocycles. The Morgan fingerprint density at radius 3 is 2.26 bits per heavy atom. The smallest absolute Gasteiger partial charge is 0.475 e. The van der Waals surface area contributed by atoms with Crippen LogP contribution in [0.5, 0.6) is 0 Å². The highest BCUT2D eigenvalue weighted by atomic mass is 19.4. The normalized spacial score (nSPS) is 20.0. The number of oxazole rings is 1. The number of likely N-dealkylation sites (tertiary alicyclic amines) is 1. The molecule has 27 heavy (non-hydrogen) atoms. The monoisotopic (exact) mass is 389 g/mol. The summed E-state index contributed by atoms with van der Waals surface area (Å²) in [6.07, 6.45) is 1.23. The van der Waals surface area contributed by atoms with Gasteiger partial charge in [0.15, 0.2) is 0 Å². The van der Waals surface area contributed by atoms with Crippen LogP contribution in [0.25, 0.3) is 0 Å². The van der Waals surface area contributed by atoms with Crippen LogP contribution in [-0.4, -0.2) is 57.6 Å². The van der Waals surface area contributed by atoms with E-state index in [0.717, 1.165) is 62.9 Å². The van der Waals surface area contributed by atoms with Crippen LogP contribution < -0.4 is 0 Å². The summed E-state index contributed by atoms with van der Waals surface area (Å²) in [4.78, 5) is 29.8. The lowest BCUT2D eigenvalue weighted by molar-refractivity contribution is -0.192. The molecular weight excluding hydrogens is 367 g/mol. The van der Waals surface area contributed by atoms with E-state index in [-0.39, 0.29) is 5.91 Å². The van der Waals surface area contributed by atoms with Crippen molar-refractivity contribution < 1.29 is 32.3 Å². The Hall–Kier alpha value is -2.10. The third-order valence-electron chi connectivity index (χ3n) is 5.08. The lowest BCUT2D eigenvalue weighted by atomic mass is 9.85. The average molecular weight is 389 g/mol. The number of halogens is 3. The number of alkyl halides is 3. The van der Waals surface area contributed by atoms with Crippen LogP contribution in [0.1, 0.15) is 54.2 Å². The van der Waals surface area contributed by atoms with Crippen molar-refractivity contribution in [2.45, 2.75) is 51.4 Å². The van der Waals surface area contributed by atoms with Gasteiger partial charge in [-0.3, -0.25) is 9.69 Å². The van der Waals surface area contributed by atoms with E-state index in [1.54, 1.807) is 0 Å². The number of hydrogen-bond donors (Lipinski definition) is 1. The molecule has 1 amide bonds. The number of amides is 1. The van der Waals surface area contributed by atoms with Gasteiger partial charge in [-0.25, -0.2) is 9.78 Å². The third kappa shape index (κ3) is 4.79. The molecule has 3 heterocycles. The van der Waals surface area contributed by atoms with Gasteiger partial charge in [0.25, 0.3) is 5.89 Å². The predicted molar refractivity (Wildman–Crippen MR) is 86.8 cm³/mol. The number of aromatic nitrogens is 1. The van der Waals surface area contributed by atoms with Crippen molar-refractivity contribution in [3.63, 3.8) is 0 Å². The molecule has 0 bridgehead atoms. The summed E-state index contributed by atoms with van der Waals surface area (Å²) in [5, 5.41) is 7.12. The zero-order valence-electron chi connectivity index (χ0n) is 14.8. The van der Waals surface area contributed by atoms with Crippen molar-refractivity contribution in [3.8, 4) is 0 Å². The first-order valence-electron chi connectivity index (χ1n) is 9.04. The first-order valence-corrected chi connectivity index (χ1v) is 9.04. The van der Waals surface area contributed by atoms with Crippen molar-refractivity contribution in [2.24, 2.45) is 5.92 Å². The number of carboxylic acid groups (broad SMARTS) is 1. The number of hydrogen-bond acceptors (Lipinski definition) is 5. The number of carbonyl (C=O) groups is 2. The Balaban J connectivity index is 0.000000260. The molecule has 0 spiro atoms. The summed E-state index contributed by atoms with van der Waals surface area (Å²) < 4.78 is 37.5. The highest BCUT2D eigenvalue weighted by Crippen LogP contribution is 2.31. The second-order valence-corrected chi connectivity index (χ2v) is 7.16. The summed E-state index contributed by atoms with van der Waals surface area (Å²) in [6.45, 7) is 4.52. The minimum absolute atomic E-state index is 0.0255. The minimum Gasteiger partial charge on any atom is -0.475 e. The maximum atomic E-state index is 12.2. The van der Waals surface area contributed by atoms with Crippen molar-refractivity contribution in [1.82, 2.24) is 14.8 Å². The Labute approximate surface area is 154 Å².